The van der Waals surface area contributed by atoms with E-state index in [1.807, 2.05) is 35.7 Å². The normalized spacial score (nSPS) is 11.9. The van der Waals surface area contributed by atoms with Crippen molar-refractivity contribution in [2.75, 3.05) is 0 Å². The van der Waals surface area contributed by atoms with Crippen molar-refractivity contribution in [1.29, 1.82) is 0 Å². The van der Waals surface area contributed by atoms with Crippen LogP contribution in [0.1, 0.15) is 34.7 Å². The molecule has 1 amide bonds. The Morgan fingerprint density at radius 3 is 2.66 bits per heavy atom. The van der Waals surface area contributed by atoms with E-state index in [4.69, 9.17) is 4.74 Å². The van der Waals surface area contributed by atoms with Crippen LogP contribution in [0.5, 0.6) is 5.75 Å². The van der Waals surface area contributed by atoms with Crippen LogP contribution < -0.4 is 10.1 Å². The predicted octanol–water partition coefficient (Wildman–Crippen LogP) is 3.94. The molecule has 146 valence electrons. The highest BCUT2D eigenvalue weighted by atomic mass is 19.1. The number of nitrogens with one attached hydrogen (secondary N) is 1. The Kier molecular flexibility index (Phi) is 5.20. The van der Waals surface area contributed by atoms with Gasteiger partial charge < -0.3 is 10.1 Å². The minimum atomic E-state index is -0.356. The van der Waals surface area contributed by atoms with Crippen LogP contribution in [0.15, 0.2) is 72.9 Å². The molecule has 0 saturated heterocycles. The van der Waals surface area contributed by atoms with E-state index in [0.717, 1.165) is 5.56 Å². The van der Waals surface area contributed by atoms with Crippen molar-refractivity contribution < 1.29 is 13.9 Å². The second-order valence-electron chi connectivity index (χ2n) is 6.59. The van der Waals surface area contributed by atoms with Gasteiger partial charge in [-0.2, -0.15) is 0 Å². The van der Waals surface area contributed by atoms with Crippen molar-refractivity contribution in [1.82, 2.24) is 19.9 Å². The molecule has 0 radical (unpaired) electrons. The summed E-state index contributed by atoms with van der Waals surface area (Å²) in [7, 11) is 0. The van der Waals surface area contributed by atoms with Crippen molar-refractivity contribution in [3.05, 3.63) is 95.7 Å². The van der Waals surface area contributed by atoms with Crippen molar-refractivity contribution in [3.8, 4) is 5.75 Å². The second kappa shape index (κ2) is 8.10. The van der Waals surface area contributed by atoms with Gasteiger partial charge in [-0.05, 0) is 48.9 Å². The van der Waals surface area contributed by atoms with E-state index >= 15 is 0 Å². The first-order chi connectivity index (χ1) is 14.1. The van der Waals surface area contributed by atoms with Crippen LogP contribution in [0.4, 0.5) is 4.39 Å². The van der Waals surface area contributed by atoms with Gasteiger partial charge in [-0.25, -0.2) is 4.39 Å². The van der Waals surface area contributed by atoms with Gasteiger partial charge >= 0.3 is 0 Å². The first-order valence-corrected chi connectivity index (χ1v) is 9.18. The number of hydrogen-bond acceptors (Lipinski definition) is 4. The van der Waals surface area contributed by atoms with Crippen LogP contribution in [-0.2, 0) is 6.61 Å². The number of benzene rings is 2. The monoisotopic (exact) mass is 390 g/mol. The summed E-state index contributed by atoms with van der Waals surface area (Å²) in [6.45, 7) is 2.08. The highest BCUT2D eigenvalue weighted by molar-refractivity contribution is 5.97. The molecule has 4 rings (SSSR count). The summed E-state index contributed by atoms with van der Waals surface area (Å²) in [4.78, 5) is 12.9. The van der Waals surface area contributed by atoms with Gasteiger partial charge in [-0.3, -0.25) is 9.20 Å². The number of aromatic nitrogens is 3. The van der Waals surface area contributed by atoms with E-state index in [0.29, 0.717) is 22.8 Å². The topological polar surface area (TPSA) is 68.5 Å². The van der Waals surface area contributed by atoms with Crippen LogP contribution in [0, 0.1) is 5.82 Å². The van der Waals surface area contributed by atoms with Gasteiger partial charge in [0.25, 0.3) is 5.91 Å². The fraction of sp³-hybridized carbons (Fsp3) is 0.136. The number of hydrogen-bond donors (Lipinski definition) is 1. The molecule has 29 heavy (non-hydrogen) atoms. The van der Waals surface area contributed by atoms with Crippen molar-refractivity contribution in [2.45, 2.75) is 19.6 Å². The number of rotatable bonds is 6. The molecule has 1 N–H and O–H groups in total. The molecule has 0 spiro atoms. The number of pyridine rings is 1. The molecule has 4 aromatic rings. The van der Waals surface area contributed by atoms with Crippen molar-refractivity contribution >= 4 is 11.6 Å². The lowest BCUT2D eigenvalue weighted by Gasteiger charge is -2.15. The number of fused-ring (bicyclic) bond motifs is 1. The maximum Gasteiger partial charge on any atom is 0.255 e. The number of halogens is 1. The van der Waals surface area contributed by atoms with Crippen molar-refractivity contribution in [2.24, 2.45) is 0 Å². The molecule has 0 aliphatic rings. The minimum absolute atomic E-state index is 0.231. The van der Waals surface area contributed by atoms with Gasteiger partial charge in [-0.15, -0.1) is 10.2 Å². The number of amides is 1. The van der Waals surface area contributed by atoms with E-state index < -0.39 is 0 Å². The Labute approximate surface area is 167 Å². The fourth-order valence-corrected chi connectivity index (χ4v) is 3.02. The second-order valence-corrected chi connectivity index (χ2v) is 6.59. The van der Waals surface area contributed by atoms with Gasteiger partial charge in [0.05, 0.1) is 11.6 Å². The summed E-state index contributed by atoms with van der Waals surface area (Å²) in [5.41, 5.74) is 1.94. The van der Waals surface area contributed by atoms with Crippen LogP contribution >= 0.6 is 0 Å². The molecule has 2 aromatic carbocycles. The molecule has 0 saturated carbocycles. The number of carbonyl (C=O) groups is 1. The number of para-hydroxylation sites is 1. The van der Waals surface area contributed by atoms with Crippen LogP contribution in [0.2, 0.25) is 0 Å². The van der Waals surface area contributed by atoms with Gasteiger partial charge in [0.15, 0.2) is 11.5 Å². The zero-order chi connectivity index (χ0) is 20.2. The molecule has 7 heteroatoms. The first kappa shape index (κ1) is 18.6. The number of nitrogens with zero attached hydrogens (tertiary/aromatic N) is 3. The van der Waals surface area contributed by atoms with Gasteiger partial charge in [-0.1, -0.05) is 30.3 Å². The minimum Gasteiger partial charge on any atom is -0.488 e. The summed E-state index contributed by atoms with van der Waals surface area (Å²) in [5, 5.41) is 11.2. The smallest absolute Gasteiger partial charge is 0.255 e. The van der Waals surface area contributed by atoms with Gasteiger partial charge in [0.1, 0.15) is 18.2 Å². The van der Waals surface area contributed by atoms with E-state index in [1.54, 1.807) is 36.4 Å². The average Bonchev–Trinajstić information content (AvgIpc) is 3.18. The standard InChI is InChI=1S/C22H19FN4O2/c1-15(21-26-25-20-8-4-5-13-27(20)21)24-22(28)18-6-2-3-7-19(18)29-14-16-9-11-17(23)12-10-16/h2-13,15H,14H2,1H3,(H,24,28). The largest absolute Gasteiger partial charge is 0.488 e. The molecule has 0 aliphatic heterocycles. The van der Waals surface area contributed by atoms with E-state index in [9.17, 15) is 9.18 Å². The summed E-state index contributed by atoms with van der Waals surface area (Å²) < 4.78 is 20.7. The molecule has 2 heterocycles. The maximum absolute atomic E-state index is 13.1. The summed E-state index contributed by atoms with van der Waals surface area (Å²) in [5.74, 6) is 0.509. The van der Waals surface area contributed by atoms with E-state index in [1.165, 1.54) is 12.1 Å². The molecule has 0 bridgehead atoms. The third-order valence-corrected chi connectivity index (χ3v) is 4.51. The van der Waals surface area contributed by atoms with Crippen LogP contribution in [0.3, 0.4) is 0 Å². The quantitative estimate of drug-likeness (QED) is 0.542. The van der Waals surface area contributed by atoms with Gasteiger partial charge in [0.2, 0.25) is 0 Å². The lowest BCUT2D eigenvalue weighted by molar-refractivity contribution is 0.0933. The first-order valence-electron chi connectivity index (χ1n) is 9.18. The predicted molar refractivity (Wildman–Crippen MR) is 106 cm³/mol. The van der Waals surface area contributed by atoms with E-state index in [2.05, 4.69) is 15.5 Å². The third-order valence-electron chi connectivity index (χ3n) is 4.51. The molecule has 2 aromatic heterocycles. The third kappa shape index (κ3) is 4.08. The van der Waals surface area contributed by atoms with Gasteiger partial charge in [0, 0.05) is 6.20 Å². The summed E-state index contributed by atoms with van der Waals surface area (Å²) in [6, 6.07) is 18.3. The maximum atomic E-state index is 13.1. The molecule has 1 atom stereocenters. The fourth-order valence-electron chi connectivity index (χ4n) is 3.02. The molecule has 0 fully saturated rings. The Morgan fingerprint density at radius 1 is 1.07 bits per heavy atom. The Balaban J connectivity index is 1.49. The highest BCUT2D eigenvalue weighted by Gasteiger charge is 2.19. The summed E-state index contributed by atoms with van der Waals surface area (Å²) in [6.07, 6.45) is 1.85. The lowest BCUT2D eigenvalue weighted by atomic mass is 10.1. The average molecular weight is 390 g/mol. The SMILES string of the molecule is CC(NC(=O)c1ccccc1OCc1ccc(F)cc1)c1nnc2ccccn12. The molecular weight excluding hydrogens is 371 g/mol. The molecule has 1 unspecified atom stereocenters. The number of ether oxygens (including phenoxy) is 1. The zero-order valence-corrected chi connectivity index (χ0v) is 15.7. The summed E-state index contributed by atoms with van der Waals surface area (Å²) >= 11 is 0. The molecule has 6 nitrogen and oxygen atoms in total. The Bertz CT molecular complexity index is 1140. The highest BCUT2D eigenvalue weighted by Crippen LogP contribution is 2.21. The lowest BCUT2D eigenvalue weighted by Crippen LogP contribution is -2.28. The number of carbonyl (C=O) groups excluding carboxylic acids is 1. The van der Waals surface area contributed by atoms with E-state index in [-0.39, 0.29) is 24.4 Å². The zero-order valence-electron chi connectivity index (χ0n) is 15.7. The van der Waals surface area contributed by atoms with Crippen LogP contribution in [-0.4, -0.2) is 20.5 Å². The van der Waals surface area contributed by atoms with Crippen LogP contribution in [0.25, 0.3) is 5.65 Å². The Morgan fingerprint density at radius 2 is 1.83 bits per heavy atom. The molecular formula is C22H19FN4O2. The Hall–Kier alpha value is -3.74. The van der Waals surface area contributed by atoms with Crippen molar-refractivity contribution in [3.63, 3.8) is 0 Å². The molecule has 0 aliphatic carbocycles.